The van der Waals surface area contributed by atoms with Crippen LogP contribution in [0.25, 0.3) is 0 Å². The summed E-state index contributed by atoms with van der Waals surface area (Å²) < 4.78 is 34.5. The number of hydrogen-bond acceptors (Lipinski definition) is 9. The molecule has 0 amide bonds. The van der Waals surface area contributed by atoms with Crippen molar-refractivity contribution in [2.24, 2.45) is 0 Å². The highest BCUT2D eigenvalue weighted by atomic mass is 16.6. The van der Waals surface area contributed by atoms with Crippen LogP contribution in [-0.4, -0.2) is 62.3 Å². The largest absolute Gasteiger partial charge is 0.493 e. The van der Waals surface area contributed by atoms with Crippen LogP contribution in [0.3, 0.4) is 0 Å². The van der Waals surface area contributed by atoms with Gasteiger partial charge in [-0.2, -0.15) is 0 Å². The molecule has 9 nitrogen and oxygen atoms in total. The second-order valence-electron chi connectivity index (χ2n) is 9.62. The Labute approximate surface area is 234 Å². The Morgan fingerprint density at radius 3 is 2.52 bits per heavy atom. The number of aliphatic hydroxyl groups excluding tert-OH is 1. The fraction of sp³-hybridized carbons (Fsp3) is 0.387. The maximum absolute atomic E-state index is 12.9. The second-order valence-corrected chi connectivity index (χ2v) is 9.62. The third kappa shape index (κ3) is 7.58. The molecule has 1 aliphatic heterocycles. The molecule has 0 aromatic heterocycles. The van der Waals surface area contributed by atoms with Gasteiger partial charge in [0.25, 0.3) is 0 Å². The van der Waals surface area contributed by atoms with E-state index in [0.29, 0.717) is 35.4 Å². The number of nitrogens with one attached hydrogen (secondary N) is 1. The van der Waals surface area contributed by atoms with Crippen molar-refractivity contribution >= 4 is 5.97 Å². The van der Waals surface area contributed by atoms with Gasteiger partial charge < -0.3 is 38.8 Å². The number of para-hydroxylation sites is 2. The van der Waals surface area contributed by atoms with E-state index in [2.05, 4.69) is 5.32 Å². The van der Waals surface area contributed by atoms with E-state index in [0.717, 1.165) is 5.56 Å². The van der Waals surface area contributed by atoms with E-state index in [1.165, 1.54) is 0 Å². The van der Waals surface area contributed by atoms with Gasteiger partial charge >= 0.3 is 5.97 Å². The first-order chi connectivity index (χ1) is 19.4. The summed E-state index contributed by atoms with van der Waals surface area (Å²) in [5.74, 6) is 2.25. The molecule has 9 heteroatoms. The quantitative estimate of drug-likeness (QED) is 0.286. The van der Waals surface area contributed by atoms with Gasteiger partial charge in [-0.15, -0.1) is 0 Å². The molecule has 1 aliphatic rings. The molecule has 40 heavy (non-hydrogen) atoms. The van der Waals surface area contributed by atoms with Crippen molar-refractivity contribution in [2.75, 3.05) is 33.5 Å². The zero-order chi connectivity index (χ0) is 28.4. The summed E-state index contributed by atoms with van der Waals surface area (Å²) in [4.78, 5) is 12.9. The SMILES string of the molecule is CCOC(=O)[C@@]1(C[C@@H](C)NC[C@H](O)COc2ccc(OCc3ccccc3)cc2OC)COc2ccccc2O1. The minimum Gasteiger partial charge on any atom is -0.493 e. The van der Waals surface area contributed by atoms with E-state index in [4.69, 9.17) is 28.4 Å². The molecule has 0 unspecified atom stereocenters. The minimum absolute atomic E-state index is 0.0331. The summed E-state index contributed by atoms with van der Waals surface area (Å²) in [6, 6.07) is 22.2. The number of hydrogen-bond donors (Lipinski definition) is 2. The van der Waals surface area contributed by atoms with Crippen LogP contribution in [0.5, 0.6) is 28.7 Å². The fourth-order valence-electron chi connectivity index (χ4n) is 4.38. The van der Waals surface area contributed by atoms with E-state index in [1.807, 2.05) is 49.4 Å². The number of carbonyl (C=O) groups is 1. The number of esters is 1. The van der Waals surface area contributed by atoms with Crippen LogP contribution in [0, 0.1) is 0 Å². The maximum atomic E-state index is 12.9. The van der Waals surface area contributed by atoms with E-state index < -0.39 is 17.7 Å². The lowest BCUT2D eigenvalue weighted by atomic mass is 9.94. The molecular weight excluding hydrogens is 514 g/mol. The number of aliphatic hydroxyl groups is 1. The highest BCUT2D eigenvalue weighted by Crippen LogP contribution is 2.37. The number of benzene rings is 3. The van der Waals surface area contributed by atoms with Crippen LogP contribution >= 0.6 is 0 Å². The normalized spacial score (nSPS) is 17.4. The van der Waals surface area contributed by atoms with Crippen molar-refractivity contribution in [3.8, 4) is 28.7 Å². The number of rotatable bonds is 14. The monoisotopic (exact) mass is 551 g/mol. The highest BCUT2D eigenvalue weighted by molar-refractivity contribution is 5.81. The summed E-state index contributed by atoms with van der Waals surface area (Å²) in [5.41, 5.74) is -0.233. The molecule has 1 heterocycles. The lowest BCUT2D eigenvalue weighted by Crippen LogP contribution is -2.56. The molecule has 0 spiro atoms. The molecule has 0 bridgehead atoms. The topological polar surface area (TPSA) is 105 Å². The third-order valence-corrected chi connectivity index (χ3v) is 6.42. The first kappa shape index (κ1) is 29.0. The number of carbonyl (C=O) groups excluding carboxylic acids is 1. The number of ether oxygens (including phenoxy) is 6. The van der Waals surface area contributed by atoms with Crippen LogP contribution in [0.4, 0.5) is 0 Å². The van der Waals surface area contributed by atoms with Crippen LogP contribution in [0.2, 0.25) is 0 Å². The van der Waals surface area contributed by atoms with Crippen LogP contribution in [0.1, 0.15) is 25.8 Å². The van der Waals surface area contributed by atoms with Crippen molar-refractivity contribution in [3.63, 3.8) is 0 Å². The molecule has 0 aliphatic carbocycles. The second kappa shape index (κ2) is 13.9. The van der Waals surface area contributed by atoms with Gasteiger partial charge in [0, 0.05) is 25.1 Å². The molecule has 2 N–H and O–H groups in total. The summed E-state index contributed by atoms with van der Waals surface area (Å²) >= 11 is 0. The smallest absolute Gasteiger partial charge is 0.354 e. The zero-order valence-electron chi connectivity index (χ0n) is 23.1. The molecule has 0 saturated carbocycles. The molecule has 214 valence electrons. The summed E-state index contributed by atoms with van der Waals surface area (Å²) in [6.45, 7) is 4.64. The Morgan fingerprint density at radius 2 is 1.77 bits per heavy atom. The van der Waals surface area contributed by atoms with E-state index in [1.54, 1.807) is 44.4 Å². The predicted molar refractivity (Wildman–Crippen MR) is 149 cm³/mol. The van der Waals surface area contributed by atoms with E-state index in [9.17, 15) is 9.90 Å². The van der Waals surface area contributed by atoms with Crippen molar-refractivity contribution in [2.45, 2.75) is 44.6 Å². The molecule has 0 fully saturated rings. The molecule has 3 aromatic rings. The fourth-order valence-corrected chi connectivity index (χ4v) is 4.38. The van der Waals surface area contributed by atoms with Gasteiger partial charge in [0.05, 0.1) is 13.7 Å². The highest BCUT2D eigenvalue weighted by Gasteiger charge is 2.47. The molecule has 0 radical (unpaired) electrons. The summed E-state index contributed by atoms with van der Waals surface area (Å²) in [5, 5.41) is 13.8. The van der Waals surface area contributed by atoms with Gasteiger partial charge in [-0.1, -0.05) is 42.5 Å². The molecular formula is C31H37NO8. The van der Waals surface area contributed by atoms with Crippen molar-refractivity contribution in [3.05, 3.63) is 78.4 Å². The van der Waals surface area contributed by atoms with Gasteiger partial charge in [-0.25, -0.2) is 4.79 Å². The van der Waals surface area contributed by atoms with Crippen molar-refractivity contribution in [1.29, 1.82) is 0 Å². The van der Waals surface area contributed by atoms with Crippen LogP contribution in [0.15, 0.2) is 72.8 Å². The Hall–Kier alpha value is -3.95. The molecule has 0 saturated heterocycles. The standard InChI is InChI=1S/C31H37NO8/c1-4-36-30(34)31(21-39-26-12-8-9-13-28(26)40-31)17-22(2)32-18-24(33)20-38-27-15-14-25(16-29(27)35-3)37-19-23-10-6-5-7-11-23/h5-16,22,24,32-33H,4,17-21H2,1-3H3/t22-,24+,31-/m1/s1. The first-order valence-corrected chi connectivity index (χ1v) is 13.4. The van der Waals surface area contributed by atoms with Gasteiger partial charge in [0.2, 0.25) is 5.60 Å². The molecule has 4 rings (SSSR count). The first-order valence-electron chi connectivity index (χ1n) is 13.4. The Morgan fingerprint density at radius 1 is 1.02 bits per heavy atom. The number of fused-ring (bicyclic) bond motifs is 1. The Balaban J connectivity index is 1.28. The minimum atomic E-state index is -1.30. The number of methoxy groups -OCH3 is 1. The van der Waals surface area contributed by atoms with Crippen molar-refractivity contribution < 1.29 is 38.3 Å². The summed E-state index contributed by atoms with van der Waals surface area (Å²) in [7, 11) is 1.55. The lowest BCUT2D eigenvalue weighted by molar-refractivity contribution is -0.168. The maximum Gasteiger partial charge on any atom is 0.354 e. The van der Waals surface area contributed by atoms with Gasteiger partial charge in [-0.3, -0.25) is 0 Å². The van der Waals surface area contributed by atoms with E-state index in [-0.39, 0.29) is 38.8 Å². The van der Waals surface area contributed by atoms with Crippen LogP contribution < -0.4 is 29.0 Å². The van der Waals surface area contributed by atoms with E-state index >= 15 is 0 Å². The third-order valence-electron chi connectivity index (χ3n) is 6.42. The Kier molecular flexibility index (Phi) is 10.1. The Bertz CT molecular complexity index is 1240. The van der Waals surface area contributed by atoms with Crippen molar-refractivity contribution in [1.82, 2.24) is 5.32 Å². The lowest BCUT2D eigenvalue weighted by Gasteiger charge is -2.37. The zero-order valence-corrected chi connectivity index (χ0v) is 23.1. The van der Waals surface area contributed by atoms with Gasteiger partial charge in [0.15, 0.2) is 23.0 Å². The molecule has 3 aromatic carbocycles. The average molecular weight is 552 g/mol. The van der Waals surface area contributed by atoms with Crippen LogP contribution in [-0.2, 0) is 16.1 Å². The van der Waals surface area contributed by atoms with Gasteiger partial charge in [0.1, 0.15) is 31.7 Å². The molecule has 3 atom stereocenters. The predicted octanol–water partition coefficient (Wildman–Crippen LogP) is 4.16. The average Bonchev–Trinajstić information content (AvgIpc) is 2.98. The van der Waals surface area contributed by atoms with Gasteiger partial charge in [-0.05, 0) is 43.7 Å². The summed E-state index contributed by atoms with van der Waals surface area (Å²) in [6.07, 6.45) is -0.532.